The molecule has 2 N–H and O–H groups in total. The second-order valence-corrected chi connectivity index (χ2v) is 3.73. The molecule has 1 aliphatic heterocycles. The zero-order valence-electron chi connectivity index (χ0n) is 8.47. The van der Waals surface area contributed by atoms with Crippen LogP contribution in [0.25, 0.3) is 0 Å². The smallest absolute Gasteiger partial charge is 0.152 e. The van der Waals surface area contributed by atoms with Gasteiger partial charge in [0.1, 0.15) is 0 Å². The SMILES string of the molecule is CN(C)CCC(=O)C1CNCCN1. The minimum atomic E-state index is 0.0358. The van der Waals surface area contributed by atoms with Crippen LogP contribution in [-0.2, 0) is 4.79 Å². The Morgan fingerprint density at radius 3 is 2.77 bits per heavy atom. The van der Waals surface area contributed by atoms with E-state index in [4.69, 9.17) is 0 Å². The average Bonchev–Trinajstić information content (AvgIpc) is 2.15. The summed E-state index contributed by atoms with van der Waals surface area (Å²) in [7, 11) is 3.97. The van der Waals surface area contributed by atoms with Crippen LogP contribution in [-0.4, -0.2) is 57.0 Å². The highest BCUT2D eigenvalue weighted by molar-refractivity contribution is 5.84. The molecular formula is C9H19N3O. The van der Waals surface area contributed by atoms with Crippen molar-refractivity contribution in [2.24, 2.45) is 0 Å². The number of rotatable bonds is 4. The van der Waals surface area contributed by atoms with Crippen LogP contribution in [0.5, 0.6) is 0 Å². The predicted molar refractivity (Wildman–Crippen MR) is 52.8 cm³/mol. The monoisotopic (exact) mass is 185 g/mol. The van der Waals surface area contributed by atoms with Crippen LogP contribution in [0.4, 0.5) is 0 Å². The van der Waals surface area contributed by atoms with Crippen molar-refractivity contribution in [2.45, 2.75) is 12.5 Å². The van der Waals surface area contributed by atoms with Gasteiger partial charge in [0, 0.05) is 32.6 Å². The van der Waals surface area contributed by atoms with Gasteiger partial charge in [-0.2, -0.15) is 0 Å². The molecule has 1 fully saturated rings. The molecule has 0 radical (unpaired) electrons. The van der Waals surface area contributed by atoms with Crippen molar-refractivity contribution in [3.8, 4) is 0 Å². The maximum absolute atomic E-state index is 11.6. The highest BCUT2D eigenvalue weighted by Crippen LogP contribution is 1.95. The lowest BCUT2D eigenvalue weighted by Crippen LogP contribution is -2.52. The molecule has 1 saturated heterocycles. The zero-order chi connectivity index (χ0) is 9.68. The molecule has 76 valence electrons. The number of hydrogen-bond donors (Lipinski definition) is 2. The molecule has 1 unspecified atom stereocenters. The van der Waals surface area contributed by atoms with Crippen LogP contribution < -0.4 is 10.6 Å². The molecule has 0 aromatic rings. The molecule has 0 amide bonds. The highest BCUT2D eigenvalue weighted by Gasteiger charge is 2.19. The third kappa shape index (κ3) is 3.85. The van der Waals surface area contributed by atoms with E-state index in [0.29, 0.717) is 12.2 Å². The zero-order valence-corrected chi connectivity index (χ0v) is 8.47. The van der Waals surface area contributed by atoms with Crippen LogP contribution in [0.2, 0.25) is 0 Å². The first-order chi connectivity index (χ1) is 6.20. The van der Waals surface area contributed by atoms with Gasteiger partial charge < -0.3 is 15.5 Å². The maximum atomic E-state index is 11.6. The Morgan fingerprint density at radius 2 is 2.23 bits per heavy atom. The van der Waals surface area contributed by atoms with Gasteiger partial charge in [0.2, 0.25) is 0 Å². The first-order valence-corrected chi connectivity index (χ1v) is 4.81. The van der Waals surface area contributed by atoms with Crippen LogP contribution in [0.15, 0.2) is 0 Å². The summed E-state index contributed by atoms with van der Waals surface area (Å²) in [6.45, 7) is 3.50. The van der Waals surface area contributed by atoms with E-state index in [0.717, 1.165) is 26.2 Å². The molecule has 0 spiro atoms. The number of nitrogens with zero attached hydrogens (tertiary/aromatic N) is 1. The molecule has 13 heavy (non-hydrogen) atoms. The minimum absolute atomic E-state index is 0.0358. The highest BCUT2D eigenvalue weighted by atomic mass is 16.1. The van der Waals surface area contributed by atoms with Gasteiger partial charge in [-0.3, -0.25) is 4.79 Å². The summed E-state index contributed by atoms with van der Waals surface area (Å²) in [5.41, 5.74) is 0. The van der Waals surface area contributed by atoms with Gasteiger partial charge in [-0.05, 0) is 14.1 Å². The summed E-state index contributed by atoms with van der Waals surface area (Å²) in [5.74, 6) is 0.320. The number of carbonyl (C=O) groups is 1. The number of piperazine rings is 1. The number of nitrogens with one attached hydrogen (secondary N) is 2. The van der Waals surface area contributed by atoms with Crippen LogP contribution in [0.1, 0.15) is 6.42 Å². The molecule has 1 aliphatic rings. The fourth-order valence-corrected chi connectivity index (χ4v) is 1.39. The Hall–Kier alpha value is -0.450. The Morgan fingerprint density at radius 1 is 1.46 bits per heavy atom. The Balaban J connectivity index is 2.21. The molecule has 0 bridgehead atoms. The molecule has 0 aromatic carbocycles. The molecule has 4 heteroatoms. The lowest BCUT2D eigenvalue weighted by atomic mass is 10.1. The summed E-state index contributed by atoms with van der Waals surface area (Å²) >= 11 is 0. The van der Waals surface area contributed by atoms with E-state index in [-0.39, 0.29) is 6.04 Å². The van der Waals surface area contributed by atoms with E-state index < -0.39 is 0 Å². The fraction of sp³-hybridized carbons (Fsp3) is 0.889. The third-order valence-corrected chi connectivity index (χ3v) is 2.24. The number of ketones is 1. The largest absolute Gasteiger partial charge is 0.313 e. The van der Waals surface area contributed by atoms with Gasteiger partial charge in [0.05, 0.1) is 6.04 Å². The van der Waals surface area contributed by atoms with Crippen LogP contribution >= 0.6 is 0 Å². The standard InChI is InChI=1S/C9H19N3O/c1-12(2)6-3-9(13)8-7-10-4-5-11-8/h8,10-11H,3-7H2,1-2H3. The van der Waals surface area contributed by atoms with Gasteiger partial charge in [-0.1, -0.05) is 0 Å². The van der Waals surface area contributed by atoms with Gasteiger partial charge >= 0.3 is 0 Å². The molecule has 4 nitrogen and oxygen atoms in total. The van der Waals surface area contributed by atoms with Crippen LogP contribution in [0, 0.1) is 0 Å². The van der Waals surface area contributed by atoms with E-state index in [2.05, 4.69) is 10.6 Å². The van der Waals surface area contributed by atoms with Gasteiger partial charge in [0.25, 0.3) is 0 Å². The normalized spacial score (nSPS) is 23.5. The van der Waals surface area contributed by atoms with Crippen molar-refractivity contribution in [2.75, 3.05) is 40.3 Å². The van der Waals surface area contributed by atoms with Crippen molar-refractivity contribution in [3.05, 3.63) is 0 Å². The maximum Gasteiger partial charge on any atom is 0.152 e. The van der Waals surface area contributed by atoms with Crippen molar-refractivity contribution in [3.63, 3.8) is 0 Å². The average molecular weight is 185 g/mol. The molecule has 1 rings (SSSR count). The fourth-order valence-electron chi connectivity index (χ4n) is 1.39. The summed E-state index contributed by atoms with van der Waals surface area (Å²) in [5, 5.41) is 6.42. The third-order valence-electron chi connectivity index (χ3n) is 2.24. The molecule has 0 aromatic heterocycles. The van der Waals surface area contributed by atoms with E-state index in [1.54, 1.807) is 0 Å². The first-order valence-electron chi connectivity index (χ1n) is 4.81. The van der Waals surface area contributed by atoms with E-state index in [1.807, 2.05) is 19.0 Å². The summed E-state index contributed by atoms with van der Waals surface area (Å²) in [6, 6.07) is 0.0358. The Bertz CT molecular complexity index is 164. The van der Waals surface area contributed by atoms with Gasteiger partial charge in [0.15, 0.2) is 5.78 Å². The molecule has 1 heterocycles. The Kier molecular flexibility index (Phi) is 4.35. The van der Waals surface area contributed by atoms with E-state index >= 15 is 0 Å². The predicted octanol–water partition coefficient (Wildman–Crippen LogP) is -0.931. The summed E-state index contributed by atoms with van der Waals surface area (Å²) in [6.07, 6.45) is 0.645. The number of Topliss-reactive ketones (excluding diaryl/α,β-unsaturated/α-hetero) is 1. The Labute approximate surface area is 79.7 Å². The first kappa shape index (κ1) is 10.6. The molecule has 0 saturated carbocycles. The van der Waals surface area contributed by atoms with Crippen molar-refractivity contribution >= 4 is 5.78 Å². The van der Waals surface area contributed by atoms with Gasteiger partial charge in [-0.15, -0.1) is 0 Å². The second-order valence-electron chi connectivity index (χ2n) is 3.73. The van der Waals surface area contributed by atoms with Crippen LogP contribution in [0.3, 0.4) is 0 Å². The molecule has 1 atom stereocenters. The van der Waals surface area contributed by atoms with Gasteiger partial charge in [-0.25, -0.2) is 0 Å². The van der Waals surface area contributed by atoms with Crippen molar-refractivity contribution < 1.29 is 4.79 Å². The van der Waals surface area contributed by atoms with Crippen molar-refractivity contribution in [1.82, 2.24) is 15.5 Å². The summed E-state index contributed by atoms with van der Waals surface area (Å²) in [4.78, 5) is 13.6. The van der Waals surface area contributed by atoms with E-state index in [1.165, 1.54) is 0 Å². The van der Waals surface area contributed by atoms with Crippen molar-refractivity contribution in [1.29, 1.82) is 0 Å². The molecular weight excluding hydrogens is 166 g/mol. The quantitative estimate of drug-likeness (QED) is 0.594. The van der Waals surface area contributed by atoms with E-state index in [9.17, 15) is 4.79 Å². The number of hydrogen-bond acceptors (Lipinski definition) is 4. The summed E-state index contributed by atoms with van der Waals surface area (Å²) < 4.78 is 0. The minimum Gasteiger partial charge on any atom is -0.313 e. The number of carbonyl (C=O) groups excluding carboxylic acids is 1. The lowest BCUT2D eigenvalue weighted by Gasteiger charge is -2.23. The lowest BCUT2D eigenvalue weighted by molar-refractivity contribution is -0.121. The second kappa shape index (κ2) is 5.32. The molecule has 0 aliphatic carbocycles. The topological polar surface area (TPSA) is 44.4 Å².